The molecule has 1 saturated heterocycles. The SMILES string of the molecule is Cc1cncc(C(=O)Nc2ccc(C=CC(=O)N3CC4C=C(c5ccsc5)CC4C3)cn2)c1. The zero-order valence-corrected chi connectivity index (χ0v) is 19.1. The van der Waals surface area contributed by atoms with Crippen molar-refractivity contribution in [2.24, 2.45) is 11.8 Å². The second-order valence-corrected chi connectivity index (χ2v) is 9.37. The number of carbonyl (C=O) groups excluding carboxylic acids is 2. The van der Waals surface area contributed by atoms with Crippen molar-refractivity contribution in [3.8, 4) is 0 Å². The molecule has 3 aromatic rings. The van der Waals surface area contributed by atoms with Crippen molar-refractivity contribution in [3.63, 3.8) is 0 Å². The molecule has 33 heavy (non-hydrogen) atoms. The zero-order chi connectivity index (χ0) is 22.8. The van der Waals surface area contributed by atoms with Gasteiger partial charge in [-0.05, 0) is 88.5 Å². The molecule has 3 aromatic heterocycles. The Hall–Kier alpha value is -3.58. The van der Waals surface area contributed by atoms with Gasteiger partial charge >= 0.3 is 0 Å². The van der Waals surface area contributed by atoms with Crippen molar-refractivity contribution < 1.29 is 9.59 Å². The minimum atomic E-state index is -0.257. The Labute approximate surface area is 196 Å². The molecule has 0 radical (unpaired) electrons. The molecule has 0 saturated carbocycles. The average molecular weight is 457 g/mol. The summed E-state index contributed by atoms with van der Waals surface area (Å²) in [6.07, 6.45) is 11.6. The zero-order valence-electron chi connectivity index (χ0n) is 18.3. The molecule has 166 valence electrons. The van der Waals surface area contributed by atoms with E-state index >= 15 is 0 Å². The molecule has 1 aliphatic heterocycles. The summed E-state index contributed by atoms with van der Waals surface area (Å²) in [5.74, 6) is 1.19. The maximum atomic E-state index is 12.7. The van der Waals surface area contributed by atoms with E-state index in [4.69, 9.17) is 0 Å². The normalized spacial score (nSPS) is 19.5. The number of fused-ring (bicyclic) bond motifs is 1. The Morgan fingerprint density at radius 3 is 2.82 bits per heavy atom. The van der Waals surface area contributed by atoms with E-state index in [1.807, 2.05) is 17.9 Å². The fourth-order valence-electron chi connectivity index (χ4n) is 4.47. The number of pyridine rings is 2. The van der Waals surface area contributed by atoms with Crippen LogP contribution in [0, 0.1) is 18.8 Å². The highest BCUT2D eigenvalue weighted by atomic mass is 32.1. The van der Waals surface area contributed by atoms with Gasteiger partial charge in [-0.3, -0.25) is 14.6 Å². The summed E-state index contributed by atoms with van der Waals surface area (Å²) in [7, 11) is 0. The van der Waals surface area contributed by atoms with Crippen LogP contribution >= 0.6 is 11.3 Å². The molecule has 1 N–H and O–H groups in total. The van der Waals surface area contributed by atoms with Crippen LogP contribution in [0.1, 0.15) is 33.5 Å². The first kappa shape index (κ1) is 21.3. The third-order valence-corrected chi connectivity index (χ3v) is 6.86. The standard InChI is InChI=1S/C26H24N4O2S/c1-17-8-21(13-27-11-17)26(32)29-24-4-2-18(12-28-24)3-5-25(31)30-14-22-9-20(10-23(22)15-30)19-6-7-33-16-19/h2-9,11-13,16,22-23H,10,14-15H2,1H3,(H,28,29,32). The van der Waals surface area contributed by atoms with Crippen molar-refractivity contribution >= 4 is 40.6 Å². The molecule has 0 aromatic carbocycles. The van der Waals surface area contributed by atoms with E-state index in [9.17, 15) is 9.59 Å². The number of anilines is 1. The number of carbonyl (C=O) groups is 2. The van der Waals surface area contributed by atoms with Crippen LogP contribution in [0.25, 0.3) is 11.6 Å². The average Bonchev–Trinajstić information content (AvgIpc) is 3.55. The third kappa shape index (κ3) is 4.78. The number of amides is 2. The van der Waals surface area contributed by atoms with E-state index in [0.717, 1.165) is 30.6 Å². The maximum absolute atomic E-state index is 12.7. The number of hydrogen-bond acceptors (Lipinski definition) is 5. The minimum Gasteiger partial charge on any atom is -0.338 e. The highest BCUT2D eigenvalue weighted by Crippen LogP contribution is 2.41. The van der Waals surface area contributed by atoms with E-state index in [1.165, 1.54) is 17.3 Å². The molecular formula is C26H24N4O2S. The summed E-state index contributed by atoms with van der Waals surface area (Å²) in [6, 6.07) is 7.50. The molecule has 5 rings (SSSR count). The number of nitrogens with zero attached hydrogens (tertiary/aromatic N) is 3. The summed E-state index contributed by atoms with van der Waals surface area (Å²) in [5, 5.41) is 7.07. The predicted molar refractivity (Wildman–Crippen MR) is 131 cm³/mol. The molecule has 1 aliphatic carbocycles. The topological polar surface area (TPSA) is 75.2 Å². The number of rotatable bonds is 5. The lowest BCUT2D eigenvalue weighted by atomic mass is 9.99. The van der Waals surface area contributed by atoms with E-state index in [1.54, 1.807) is 48.0 Å². The van der Waals surface area contributed by atoms with Crippen LogP contribution in [0.2, 0.25) is 0 Å². The van der Waals surface area contributed by atoms with Gasteiger partial charge in [-0.25, -0.2) is 4.98 Å². The van der Waals surface area contributed by atoms with Gasteiger partial charge < -0.3 is 10.2 Å². The molecule has 4 heterocycles. The Morgan fingerprint density at radius 2 is 2.09 bits per heavy atom. The molecule has 7 heteroatoms. The number of aryl methyl sites for hydroxylation is 1. The van der Waals surface area contributed by atoms with Crippen LogP contribution in [0.4, 0.5) is 5.82 Å². The quantitative estimate of drug-likeness (QED) is 0.566. The molecular weight excluding hydrogens is 432 g/mol. The minimum absolute atomic E-state index is 0.0270. The number of aromatic nitrogens is 2. The number of hydrogen-bond donors (Lipinski definition) is 1. The first-order valence-electron chi connectivity index (χ1n) is 10.9. The Balaban J connectivity index is 1.16. The molecule has 0 spiro atoms. The van der Waals surface area contributed by atoms with Gasteiger partial charge in [0.25, 0.3) is 5.91 Å². The Bertz CT molecular complexity index is 1230. The van der Waals surface area contributed by atoms with Gasteiger partial charge in [-0.1, -0.05) is 6.08 Å². The monoisotopic (exact) mass is 456 g/mol. The van der Waals surface area contributed by atoms with Gasteiger partial charge in [-0.15, -0.1) is 0 Å². The Kier molecular flexibility index (Phi) is 5.88. The fourth-order valence-corrected chi connectivity index (χ4v) is 5.15. The van der Waals surface area contributed by atoms with Gasteiger partial charge in [0, 0.05) is 37.8 Å². The predicted octanol–water partition coefficient (Wildman–Crippen LogP) is 4.67. The number of likely N-dealkylation sites (tertiary alicyclic amines) is 1. The second kappa shape index (κ2) is 9.11. The lowest BCUT2D eigenvalue weighted by Gasteiger charge is -2.15. The number of allylic oxidation sites excluding steroid dienone is 1. The van der Waals surface area contributed by atoms with Crippen LogP contribution in [0.5, 0.6) is 0 Å². The highest BCUT2D eigenvalue weighted by molar-refractivity contribution is 7.08. The Morgan fingerprint density at radius 1 is 1.18 bits per heavy atom. The van der Waals surface area contributed by atoms with Crippen molar-refractivity contribution in [3.05, 3.63) is 88.0 Å². The summed E-state index contributed by atoms with van der Waals surface area (Å²) in [6.45, 7) is 3.46. The first-order chi connectivity index (χ1) is 16.0. The molecule has 1 fully saturated rings. The van der Waals surface area contributed by atoms with E-state index in [0.29, 0.717) is 23.2 Å². The molecule has 6 nitrogen and oxygen atoms in total. The first-order valence-corrected chi connectivity index (χ1v) is 11.9. The number of nitrogens with one attached hydrogen (secondary N) is 1. The summed E-state index contributed by atoms with van der Waals surface area (Å²) < 4.78 is 0. The lowest BCUT2D eigenvalue weighted by molar-refractivity contribution is -0.125. The van der Waals surface area contributed by atoms with E-state index < -0.39 is 0 Å². The molecule has 2 amide bonds. The van der Waals surface area contributed by atoms with Gasteiger partial charge in [0.05, 0.1) is 5.56 Å². The summed E-state index contributed by atoms with van der Waals surface area (Å²) >= 11 is 1.72. The van der Waals surface area contributed by atoms with E-state index in [2.05, 4.69) is 38.2 Å². The summed E-state index contributed by atoms with van der Waals surface area (Å²) in [5.41, 5.74) is 4.96. The van der Waals surface area contributed by atoms with Crippen molar-refractivity contribution in [1.82, 2.24) is 14.9 Å². The highest BCUT2D eigenvalue weighted by Gasteiger charge is 2.37. The summed E-state index contributed by atoms with van der Waals surface area (Å²) in [4.78, 5) is 35.3. The van der Waals surface area contributed by atoms with Crippen LogP contribution in [-0.2, 0) is 4.79 Å². The second-order valence-electron chi connectivity index (χ2n) is 8.59. The van der Waals surface area contributed by atoms with Crippen LogP contribution in [0.3, 0.4) is 0 Å². The molecule has 2 unspecified atom stereocenters. The lowest BCUT2D eigenvalue weighted by Crippen LogP contribution is -2.27. The van der Waals surface area contributed by atoms with Crippen molar-refractivity contribution in [2.75, 3.05) is 18.4 Å². The smallest absolute Gasteiger partial charge is 0.258 e. The van der Waals surface area contributed by atoms with Crippen molar-refractivity contribution in [2.45, 2.75) is 13.3 Å². The van der Waals surface area contributed by atoms with Crippen molar-refractivity contribution in [1.29, 1.82) is 0 Å². The van der Waals surface area contributed by atoms with Crippen LogP contribution < -0.4 is 5.32 Å². The third-order valence-electron chi connectivity index (χ3n) is 6.18. The van der Waals surface area contributed by atoms with Gasteiger partial charge in [-0.2, -0.15) is 11.3 Å². The van der Waals surface area contributed by atoms with Gasteiger partial charge in [0.2, 0.25) is 5.91 Å². The van der Waals surface area contributed by atoms with E-state index in [-0.39, 0.29) is 11.8 Å². The molecule has 2 aliphatic rings. The number of thiophene rings is 1. The molecule has 2 atom stereocenters. The van der Waals surface area contributed by atoms with Gasteiger partial charge in [0.1, 0.15) is 5.82 Å². The molecule has 0 bridgehead atoms. The van der Waals surface area contributed by atoms with Crippen LogP contribution in [-0.4, -0.2) is 39.8 Å². The largest absolute Gasteiger partial charge is 0.338 e. The maximum Gasteiger partial charge on any atom is 0.258 e. The fraction of sp³-hybridized carbons (Fsp3) is 0.231. The van der Waals surface area contributed by atoms with Crippen LogP contribution in [0.15, 0.2) is 65.8 Å². The van der Waals surface area contributed by atoms with Gasteiger partial charge in [0.15, 0.2) is 0 Å².